The smallest absolute Gasteiger partial charge is 0.115 e. The molecule has 14 heavy (non-hydrogen) atoms. The van der Waals surface area contributed by atoms with Crippen LogP contribution < -0.4 is 0 Å². The summed E-state index contributed by atoms with van der Waals surface area (Å²) in [5.74, 6) is 0.322. The lowest BCUT2D eigenvalue weighted by atomic mass is 10.3. The molecule has 0 aliphatic carbocycles. The van der Waals surface area contributed by atoms with E-state index in [1.54, 1.807) is 31.2 Å². The molecule has 2 N–H and O–H groups in total. The Morgan fingerprint density at radius 2 is 1.21 bits per heavy atom. The summed E-state index contributed by atoms with van der Waals surface area (Å²) in [6.07, 6.45) is 0. The summed E-state index contributed by atoms with van der Waals surface area (Å²) in [5, 5.41) is 16.2. The zero-order valence-electron chi connectivity index (χ0n) is 9.99. The largest absolute Gasteiger partial charge is 0.508 e. The van der Waals surface area contributed by atoms with Crippen LogP contribution in [0.3, 0.4) is 0 Å². The van der Waals surface area contributed by atoms with Crippen molar-refractivity contribution in [2.24, 2.45) is 0 Å². The number of para-hydroxylation sites is 1. The molecule has 2 nitrogen and oxygen atoms in total. The monoisotopic (exact) mass is 200 g/mol. The number of aromatic hydroxyl groups is 1. The van der Waals surface area contributed by atoms with Crippen LogP contribution in [0.4, 0.5) is 0 Å². The number of hydrogen-bond acceptors (Lipinski definition) is 2. The van der Waals surface area contributed by atoms with Gasteiger partial charge < -0.3 is 10.2 Å². The molecular weight excluding hydrogens is 176 g/mol. The van der Waals surface area contributed by atoms with E-state index in [4.69, 9.17) is 10.2 Å². The van der Waals surface area contributed by atoms with Crippen molar-refractivity contribution in [2.75, 3.05) is 6.61 Å². The number of phenols is 1. The SMILES string of the molecule is CC.CC.CCO.Oc1ccccc1. The molecular formula is C12H24O2. The Kier molecular flexibility index (Phi) is 30.3. The molecule has 1 aromatic rings. The predicted octanol–water partition coefficient (Wildman–Crippen LogP) is 3.44. The van der Waals surface area contributed by atoms with Crippen LogP contribution in [0.5, 0.6) is 5.75 Å². The maximum Gasteiger partial charge on any atom is 0.115 e. The summed E-state index contributed by atoms with van der Waals surface area (Å²) < 4.78 is 0. The lowest BCUT2D eigenvalue weighted by Crippen LogP contribution is -1.57. The van der Waals surface area contributed by atoms with Crippen LogP contribution in [-0.4, -0.2) is 16.8 Å². The Balaban J connectivity index is -0.000000148. The fraction of sp³-hybridized carbons (Fsp3) is 0.500. The molecule has 0 atom stereocenters. The summed E-state index contributed by atoms with van der Waals surface area (Å²) in [4.78, 5) is 0. The third-order valence-electron chi connectivity index (χ3n) is 0.756. The van der Waals surface area contributed by atoms with Gasteiger partial charge in [-0.25, -0.2) is 0 Å². The Morgan fingerprint density at radius 1 is 0.929 bits per heavy atom. The van der Waals surface area contributed by atoms with Crippen LogP contribution in [0.15, 0.2) is 30.3 Å². The minimum atomic E-state index is 0.250. The van der Waals surface area contributed by atoms with Crippen LogP contribution >= 0.6 is 0 Å². The second-order valence-electron chi connectivity index (χ2n) is 1.65. The fourth-order valence-corrected chi connectivity index (χ4v) is 0.428. The average Bonchev–Trinajstić information content (AvgIpc) is 2.26. The van der Waals surface area contributed by atoms with Gasteiger partial charge in [0, 0.05) is 6.61 Å². The molecule has 84 valence electrons. The van der Waals surface area contributed by atoms with Crippen molar-refractivity contribution < 1.29 is 10.2 Å². The van der Waals surface area contributed by atoms with Crippen LogP contribution in [0, 0.1) is 0 Å². The first kappa shape index (κ1) is 18.7. The molecule has 0 aliphatic heterocycles. The molecule has 0 fully saturated rings. The Morgan fingerprint density at radius 3 is 1.36 bits per heavy atom. The second-order valence-corrected chi connectivity index (χ2v) is 1.65. The van der Waals surface area contributed by atoms with Crippen molar-refractivity contribution in [2.45, 2.75) is 34.6 Å². The van der Waals surface area contributed by atoms with Crippen molar-refractivity contribution in [3.8, 4) is 5.75 Å². The quantitative estimate of drug-likeness (QED) is 0.673. The van der Waals surface area contributed by atoms with Gasteiger partial charge in [-0.2, -0.15) is 0 Å². The lowest BCUT2D eigenvalue weighted by molar-refractivity contribution is 0.318. The molecule has 0 saturated carbocycles. The minimum Gasteiger partial charge on any atom is -0.508 e. The zero-order chi connectivity index (χ0) is 11.8. The van der Waals surface area contributed by atoms with Gasteiger partial charge >= 0.3 is 0 Å². The molecule has 1 rings (SSSR count). The first-order valence-corrected chi connectivity index (χ1v) is 5.16. The van der Waals surface area contributed by atoms with E-state index in [1.807, 2.05) is 33.8 Å². The molecule has 2 heteroatoms. The summed E-state index contributed by atoms with van der Waals surface area (Å²) >= 11 is 0. The first-order valence-electron chi connectivity index (χ1n) is 5.16. The van der Waals surface area contributed by atoms with Crippen molar-refractivity contribution in [3.63, 3.8) is 0 Å². The van der Waals surface area contributed by atoms with Gasteiger partial charge in [0.05, 0.1) is 0 Å². The normalized spacial score (nSPS) is 6.43. The van der Waals surface area contributed by atoms with E-state index in [9.17, 15) is 0 Å². The highest BCUT2D eigenvalue weighted by Crippen LogP contribution is 2.02. The molecule has 0 heterocycles. The van der Waals surface area contributed by atoms with E-state index < -0.39 is 0 Å². The Bertz CT molecular complexity index is 150. The number of rotatable bonds is 0. The van der Waals surface area contributed by atoms with E-state index >= 15 is 0 Å². The first-order chi connectivity index (χ1) is 6.81. The summed E-state index contributed by atoms with van der Waals surface area (Å²) in [7, 11) is 0. The van der Waals surface area contributed by atoms with Crippen molar-refractivity contribution in [1.82, 2.24) is 0 Å². The van der Waals surface area contributed by atoms with E-state index in [2.05, 4.69) is 0 Å². The van der Waals surface area contributed by atoms with Crippen LogP contribution in [-0.2, 0) is 0 Å². The zero-order valence-corrected chi connectivity index (χ0v) is 9.99. The van der Waals surface area contributed by atoms with E-state index in [1.165, 1.54) is 0 Å². The average molecular weight is 200 g/mol. The highest BCUT2D eigenvalue weighted by Gasteiger charge is 1.74. The Hall–Kier alpha value is -1.02. The molecule has 0 spiro atoms. The van der Waals surface area contributed by atoms with Gasteiger partial charge in [-0.15, -0.1) is 0 Å². The summed E-state index contributed by atoms with van der Waals surface area (Å²) in [5.41, 5.74) is 0. The molecule has 0 aromatic heterocycles. The van der Waals surface area contributed by atoms with Gasteiger partial charge in [0.15, 0.2) is 0 Å². The van der Waals surface area contributed by atoms with Gasteiger partial charge in [-0.05, 0) is 19.1 Å². The fourth-order valence-electron chi connectivity index (χ4n) is 0.428. The third kappa shape index (κ3) is 22.4. The number of phenolic OH excluding ortho intramolecular Hbond substituents is 1. The molecule has 0 saturated heterocycles. The number of aliphatic hydroxyl groups excluding tert-OH is 1. The van der Waals surface area contributed by atoms with Crippen LogP contribution in [0.25, 0.3) is 0 Å². The number of aliphatic hydroxyl groups is 1. The summed E-state index contributed by atoms with van der Waals surface area (Å²) in [6.45, 7) is 9.93. The molecule has 0 unspecified atom stereocenters. The Labute approximate surface area is 88.2 Å². The molecule has 0 aliphatic rings. The standard InChI is InChI=1S/C6H6O.C2H6O.2C2H6/c7-6-4-2-1-3-5-6;1-2-3;2*1-2/h1-5,7H;3H,2H2,1H3;2*1-2H3. The van der Waals surface area contributed by atoms with Crippen LogP contribution in [0.2, 0.25) is 0 Å². The maximum atomic E-state index is 8.63. The van der Waals surface area contributed by atoms with E-state index in [0.717, 1.165) is 0 Å². The van der Waals surface area contributed by atoms with Gasteiger partial charge in [-0.3, -0.25) is 0 Å². The van der Waals surface area contributed by atoms with Gasteiger partial charge in [-0.1, -0.05) is 45.9 Å². The molecule has 0 bridgehead atoms. The highest BCUT2D eigenvalue weighted by molar-refractivity contribution is 5.18. The molecule has 0 radical (unpaired) electrons. The summed E-state index contributed by atoms with van der Waals surface area (Å²) in [6, 6.07) is 8.71. The molecule has 0 amide bonds. The predicted molar refractivity (Wildman–Crippen MR) is 63.6 cm³/mol. The third-order valence-corrected chi connectivity index (χ3v) is 0.756. The van der Waals surface area contributed by atoms with Gasteiger partial charge in [0.1, 0.15) is 5.75 Å². The maximum absolute atomic E-state index is 8.63. The van der Waals surface area contributed by atoms with E-state index in [0.29, 0.717) is 5.75 Å². The minimum absolute atomic E-state index is 0.250. The van der Waals surface area contributed by atoms with Gasteiger partial charge in [0.25, 0.3) is 0 Å². The van der Waals surface area contributed by atoms with Crippen molar-refractivity contribution >= 4 is 0 Å². The lowest BCUT2D eigenvalue weighted by Gasteiger charge is -1.82. The topological polar surface area (TPSA) is 40.5 Å². The van der Waals surface area contributed by atoms with Crippen molar-refractivity contribution in [1.29, 1.82) is 0 Å². The highest BCUT2D eigenvalue weighted by atomic mass is 16.3. The second kappa shape index (κ2) is 22.7. The number of hydrogen-bond donors (Lipinski definition) is 2. The van der Waals surface area contributed by atoms with Gasteiger partial charge in [0.2, 0.25) is 0 Å². The number of benzene rings is 1. The van der Waals surface area contributed by atoms with E-state index in [-0.39, 0.29) is 6.61 Å². The van der Waals surface area contributed by atoms with Crippen LogP contribution in [0.1, 0.15) is 34.6 Å². The van der Waals surface area contributed by atoms with Crippen molar-refractivity contribution in [3.05, 3.63) is 30.3 Å². The molecule has 1 aromatic carbocycles.